The van der Waals surface area contributed by atoms with Crippen molar-refractivity contribution in [1.29, 1.82) is 0 Å². The second kappa shape index (κ2) is 16.7. The van der Waals surface area contributed by atoms with E-state index in [9.17, 15) is 9.59 Å². The van der Waals surface area contributed by atoms with Crippen molar-refractivity contribution in [2.75, 3.05) is 20.6 Å². The molecule has 2 aliphatic rings. The summed E-state index contributed by atoms with van der Waals surface area (Å²) in [5, 5.41) is 21.0. The minimum absolute atomic E-state index is 0. The molecule has 0 aliphatic heterocycles. The maximum Gasteiger partial charge on any atom is 2.00 e. The largest absolute Gasteiger partial charge is 2.00 e. The Morgan fingerprint density at radius 2 is 1.55 bits per heavy atom. The zero-order valence-electron chi connectivity index (χ0n) is 18.9. The van der Waals surface area contributed by atoms with E-state index in [0.29, 0.717) is 18.9 Å². The van der Waals surface area contributed by atoms with Crippen molar-refractivity contribution in [2.24, 2.45) is 10.3 Å². The Balaban J connectivity index is 0.000000511. The topological polar surface area (TPSA) is 94.4 Å². The normalized spacial score (nSPS) is 16.2. The molecule has 0 saturated heterocycles. The maximum absolute atomic E-state index is 11.8. The Bertz CT molecular complexity index is 713. The minimum atomic E-state index is -0.866. The first-order valence-corrected chi connectivity index (χ1v) is 10.5. The van der Waals surface area contributed by atoms with Crippen LogP contribution in [0, 0.1) is 63.2 Å². The molecule has 2 aliphatic carbocycles. The molecule has 3 rings (SSSR count). The second-order valence-corrected chi connectivity index (χ2v) is 7.43. The number of amides is 1. The van der Waals surface area contributed by atoms with Gasteiger partial charge in [0.15, 0.2) is 0 Å². The number of aliphatic carboxylic acids is 1. The Hall–Kier alpha value is -1.92. The molecule has 0 atom stereocenters. The minimum Gasteiger partial charge on any atom is -0.481 e. The monoisotopic (exact) mass is 490 g/mol. The van der Waals surface area contributed by atoms with Crippen LogP contribution in [0.4, 0.5) is 5.69 Å². The standard InChI is InChI=1S/C19H25N4O.C6H5O2.Fe/c1-23(2)22-21-18-12-10-17(11-13-18)14-15-20-19(24)9-5-8-16-6-3-4-7-16;7-6(8)5-3-1-2-4-5;/h3-4,6-7,10-13H,5,8-9,14-15H2,1-2H3,(H,20,24);1-4H,(H,7,8);/q;;+2. The van der Waals surface area contributed by atoms with Crippen molar-refractivity contribution in [3.63, 3.8) is 0 Å². The average Bonchev–Trinajstić information content (AvgIpc) is 3.48. The van der Waals surface area contributed by atoms with E-state index in [4.69, 9.17) is 5.11 Å². The molecule has 33 heavy (non-hydrogen) atoms. The molecule has 7 nitrogen and oxygen atoms in total. The maximum atomic E-state index is 11.8. The van der Waals surface area contributed by atoms with Gasteiger partial charge in [-0.1, -0.05) is 17.4 Å². The van der Waals surface area contributed by atoms with Gasteiger partial charge in [0.25, 0.3) is 0 Å². The summed E-state index contributed by atoms with van der Waals surface area (Å²) >= 11 is 0. The van der Waals surface area contributed by atoms with Crippen LogP contribution in [0.25, 0.3) is 0 Å². The number of nitrogens with zero attached hydrogens (tertiary/aromatic N) is 3. The summed E-state index contributed by atoms with van der Waals surface area (Å²) in [6.45, 7) is 0.660. The second-order valence-electron chi connectivity index (χ2n) is 7.43. The Morgan fingerprint density at radius 3 is 2.09 bits per heavy atom. The van der Waals surface area contributed by atoms with Crippen LogP contribution in [0.15, 0.2) is 34.6 Å². The quantitative estimate of drug-likeness (QED) is 0.295. The Labute approximate surface area is 209 Å². The van der Waals surface area contributed by atoms with Crippen LogP contribution in [0.5, 0.6) is 0 Å². The van der Waals surface area contributed by atoms with Gasteiger partial charge in [0.2, 0.25) is 5.91 Å². The van der Waals surface area contributed by atoms with Gasteiger partial charge in [-0.25, -0.2) is 0 Å². The number of carboxylic acid groups (broad SMARTS) is 1. The van der Waals surface area contributed by atoms with Gasteiger partial charge in [0, 0.05) is 27.1 Å². The molecule has 174 valence electrons. The number of hydrogen-bond acceptors (Lipinski definition) is 4. The first-order chi connectivity index (χ1) is 15.4. The van der Waals surface area contributed by atoms with Gasteiger partial charge >= 0.3 is 23.0 Å². The summed E-state index contributed by atoms with van der Waals surface area (Å²) < 4.78 is 0. The Kier molecular flexibility index (Phi) is 14.7. The molecule has 0 unspecified atom stereocenters. The van der Waals surface area contributed by atoms with Crippen LogP contribution in [-0.2, 0) is 33.1 Å². The van der Waals surface area contributed by atoms with Crippen LogP contribution in [0.1, 0.15) is 24.8 Å². The smallest absolute Gasteiger partial charge is 0.481 e. The molecule has 0 spiro atoms. The van der Waals surface area contributed by atoms with E-state index in [-0.39, 0.29) is 23.0 Å². The number of rotatable bonds is 10. The summed E-state index contributed by atoms with van der Waals surface area (Å²) in [6.07, 6.45) is 18.0. The number of carbonyl (C=O) groups excluding carboxylic acids is 1. The van der Waals surface area contributed by atoms with Crippen LogP contribution in [-0.4, -0.2) is 42.6 Å². The average molecular weight is 490 g/mol. The fraction of sp³-hybridized carbons (Fsp3) is 0.280. The van der Waals surface area contributed by atoms with Crippen LogP contribution in [0.3, 0.4) is 0 Å². The first-order valence-electron chi connectivity index (χ1n) is 10.5. The number of carbonyl (C=O) groups is 2. The predicted octanol–water partition coefficient (Wildman–Crippen LogP) is 3.95. The number of carboxylic acids is 1. The predicted molar refractivity (Wildman–Crippen MR) is 124 cm³/mol. The van der Waals surface area contributed by atoms with Gasteiger partial charge in [-0.2, -0.15) is 0 Å². The van der Waals surface area contributed by atoms with E-state index in [2.05, 4.69) is 28.5 Å². The zero-order valence-corrected chi connectivity index (χ0v) is 20.0. The van der Waals surface area contributed by atoms with E-state index in [0.717, 1.165) is 24.9 Å². The van der Waals surface area contributed by atoms with E-state index < -0.39 is 5.97 Å². The summed E-state index contributed by atoms with van der Waals surface area (Å²) in [6, 6.07) is 7.91. The van der Waals surface area contributed by atoms with Gasteiger partial charge in [0.05, 0.1) is 11.6 Å². The molecule has 0 heterocycles. The zero-order chi connectivity index (χ0) is 23.2. The van der Waals surface area contributed by atoms with Crippen molar-refractivity contribution in [1.82, 2.24) is 10.3 Å². The molecule has 1 amide bonds. The first kappa shape index (κ1) is 29.1. The Morgan fingerprint density at radius 1 is 0.939 bits per heavy atom. The van der Waals surface area contributed by atoms with Crippen molar-refractivity contribution in [2.45, 2.75) is 25.7 Å². The van der Waals surface area contributed by atoms with E-state index >= 15 is 0 Å². The third-order valence-corrected chi connectivity index (χ3v) is 4.52. The summed E-state index contributed by atoms with van der Waals surface area (Å²) in [5.74, 6) is 0.910. The van der Waals surface area contributed by atoms with Crippen LogP contribution < -0.4 is 5.32 Å². The van der Waals surface area contributed by atoms with Crippen molar-refractivity contribution in [3.05, 3.63) is 93.0 Å². The molecule has 2 fully saturated rings. The number of hydrogen-bond donors (Lipinski definition) is 2. The van der Waals surface area contributed by atoms with Gasteiger partial charge in [-0.3, -0.25) is 14.6 Å². The van der Waals surface area contributed by atoms with Crippen LogP contribution >= 0.6 is 0 Å². The number of nitrogens with one attached hydrogen (secondary N) is 1. The molecule has 2 N–H and O–H groups in total. The summed E-state index contributed by atoms with van der Waals surface area (Å²) in [7, 11) is 3.67. The number of benzene rings is 1. The van der Waals surface area contributed by atoms with E-state index in [1.54, 1.807) is 30.7 Å². The fourth-order valence-electron chi connectivity index (χ4n) is 2.86. The van der Waals surface area contributed by atoms with Gasteiger partial charge in [0.1, 0.15) is 0 Å². The molecule has 1 aromatic carbocycles. The molecular formula is C25H30FeN4O3+2. The fourth-order valence-corrected chi connectivity index (χ4v) is 2.86. The van der Waals surface area contributed by atoms with Crippen molar-refractivity contribution >= 4 is 17.6 Å². The molecular weight excluding hydrogens is 460 g/mol. The molecule has 0 aromatic heterocycles. The summed E-state index contributed by atoms with van der Waals surface area (Å²) in [4.78, 5) is 21.9. The van der Waals surface area contributed by atoms with Crippen molar-refractivity contribution in [3.8, 4) is 0 Å². The van der Waals surface area contributed by atoms with Gasteiger partial charge in [-0.05, 0) is 94.2 Å². The molecule has 0 bridgehead atoms. The third-order valence-electron chi connectivity index (χ3n) is 4.52. The van der Waals surface area contributed by atoms with Crippen molar-refractivity contribution < 1.29 is 31.8 Å². The molecule has 2 saturated carbocycles. The molecule has 10 radical (unpaired) electrons. The van der Waals surface area contributed by atoms with Crippen LogP contribution in [0.2, 0.25) is 0 Å². The van der Waals surface area contributed by atoms with Gasteiger partial charge in [-0.15, -0.1) is 5.11 Å². The SMILES string of the molecule is CN(C)N=Nc1ccc(CCNC(=O)CCC[C]2[CH][CH][CH][CH]2)cc1.O=C(O)[C]1[CH][CH][CH][CH]1.[Fe+2]. The molecule has 1 aromatic rings. The summed E-state index contributed by atoms with van der Waals surface area (Å²) in [5.41, 5.74) is 2.00. The third kappa shape index (κ3) is 12.8. The van der Waals surface area contributed by atoms with Gasteiger partial charge < -0.3 is 10.4 Å². The van der Waals surface area contributed by atoms with E-state index in [1.807, 2.05) is 51.2 Å². The van der Waals surface area contributed by atoms with E-state index in [1.165, 1.54) is 11.5 Å². The molecule has 8 heteroatoms.